The SMILES string of the molecule is CC(C)c1cc(C(C)(C)C)cc(C(N(C)Cc2ccccc2)P(c2c#cccc2)c2ccccc2)c1O. The smallest absolute Gasteiger partial charge is 0.124 e. The van der Waals surface area contributed by atoms with Gasteiger partial charge in [-0.15, -0.1) is 0 Å². The van der Waals surface area contributed by atoms with Crippen molar-refractivity contribution in [2.45, 2.75) is 58.3 Å². The summed E-state index contributed by atoms with van der Waals surface area (Å²) in [4.78, 5) is 2.40. The van der Waals surface area contributed by atoms with E-state index in [1.807, 2.05) is 12.1 Å². The lowest BCUT2D eigenvalue weighted by Gasteiger charge is -2.37. The molecule has 2 atom stereocenters. The predicted molar refractivity (Wildman–Crippen MR) is 158 cm³/mol. The largest absolute Gasteiger partial charge is 0.507 e. The lowest BCUT2D eigenvalue weighted by atomic mass is 9.83. The number of rotatable bonds is 8. The molecule has 1 N–H and O–H groups in total. The van der Waals surface area contributed by atoms with Crippen LogP contribution in [0, 0.1) is 12.1 Å². The van der Waals surface area contributed by atoms with E-state index in [4.69, 9.17) is 0 Å². The maximum absolute atomic E-state index is 11.8. The quantitative estimate of drug-likeness (QED) is 0.247. The first-order valence-corrected chi connectivity index (χ1v) is 14.4. The highest BCUT2D eigenvalue weighted by atomic mass is 31.1. The fourth-order valence-electron chi connectivity index (χ4n) is 4.77. The molecule has 0 fully saturated rings. The lowest BCUT2D eigenvalue weighted by Crippen LogP contribution is -2.30. The maximum Gasteiger partial charge on any atom is 0.124 e. The van der Waals surface area contributed by atoms with Gasteiger partial charge >= 0.3 is 0 Å². The van der Waals surface area contributed by atoms with Crippen molar-refractivity contribution in [2.24, 2.45) is 0 Å². The van der Waals surface area contributed by atoms with Crippen LogP contribution in [0.2, 0.25) is 0 Å². The molecule has 0 bridgehead atoms. The van der Waals surface area contributed by atoms with E-state index in [1.165, 1.54) is 16.4 Å². The van der Waals surface area contributed by atoms with Crippen LogP contribution in [-0.4, -0.2) is 17.1 Å². The fourth-order valence-corrected chi connectivity index (χ4v) is 7.47. The summed E-state index contributed by atoms with van der Waals surface area (Å²) in [7, 11) is 1.24. The molecule has 2 unspecified atom stereocenters. The number of phenols is 1. The fraction of sp³-hybridized carbons (Fsp3) is 0.294. The van der Waals surface area contributed by atoms with Crippen molar-refractivity contribution >= 4 is 18.5 Å². The summed E-state index contributed by atoms with van der Waals surface area (Å²) in [5.41, 5.74) is 4.44. The van der Waals surface area contributed by atoms with E-state index in [1.54, 1.807) is 0 Å². The van der Waals surface area contributed by atoms with Gasteiger partial charge in [0.25, 0.3) is 0 Å². The van der Waals surface area contributed by atoms with Crippen molar-refractivity contribution in [3.05, 3.63) is 125 Å². The van der Waals surface area contributed by atoms with Crippen LogP contribution in [0.25, 0.3) is 0 Å². The highest BCUT2D eigenvalue weighted by molar-refractivity contribution is 7.73. The van der Waals surface area contributed by atoms with Crippen LogP contribution in [0.4, 0.5) is 0 Å². The molecule has 4 aromatic carbocycles. The van der Waals surface area contributed by atoms with Gasteiger partial charge in [-0.05, 0) is 66.5 Å². The zero-order chi connectivity index (χ0) is 26.6. The van der Waals surface area contributed by atoms with E-state index in [-0.39, 0.29) is 17.1 Å². The predicted octanol–water partition coefficient (Wildman–Crippen LogP) is 7.68. The number of hydrogen-bond donors (Lipinski definition) is 1. The van der Waals surface area contributed by atoms with Crippen LogP contribution in [-0.2, 0) is 12.0 Å². The molecule has 2 nitrogen and oxygen atoms in total. The average Bonchev–Trinajstić information content (AvgIpc) is 2.88. The molecule has 0 radical (unpaired) electrons. The average molecular weight is 508 g/mol. The van der Waals surface area contributed by atoms with E-state index < -0.39 is 7.92 Å². The van der Waals surface area contributed by atoms with Crippen LogP contribution >= 0.6 is 7.92 Å². The van der Waals surface area contributed by atoms with Crippen molar-refractivity contribution in [2.75, 3.05) is 7.05 Å². The van der Waals surface area contributed by atoms with Crippen molar-refractivity contribution in [1.29, 1.82) is 0 Å². The van der Waals surface area contributed by atoms with Crippen molar-refractivity contribution < 1.29 is 5.11 Å². The standard InChI is InChI=1S/C34H38NOP/c1-25(2)30-22-27(34(3,4)5)23-31(32(30)36)33(35(6)24-26-16-10-7-11-17-26)37(28-18-12-8-13-19-28)29-20-14-9-15-21-29/h7-14,16-20,22-23,25,33,36H,24H2,1-6H3. The third-order valence-corrected chi connectivity index (χ3v) is 9.60. The molecule has 0 aromatic heterocycles. The van der Waals surface area contributed by atoms with Crippen LogP contribution in [0.5, 0.6) is 5.75 Å². The van der Waals surface area contributed by atoms with Crippen LogP contribution in [0.3, 0.4) is 0 Å². The molecule has 0 saturated heterocycles. The first kappa shape index (κ1) is 26.9. The molecule has 0 spiro atoms. The monoisotopic (exact) mass is 507 g/mol. The molecule has 0 heterocycles. The second-order valence-electron chi connectivity index (χ2n) is 11.1. The molecule has 37 heavy (non-hydrogen) atoms. The molecule has 4 aromatic rings. The Balaban J connectivity index is 1.99. The number of aromatic hydroxyl groups is 1. The second kappa shape index (κ2) is 11.5. The molecule has 3 heteroatoms. The van der Waals surface area contributed by atoms with E-state index in [0.717, 1.165) is 23.0 Å². The minimum Gasteiger partial charge on any atom is -0.507 e. The van der Waals surface area contributed by atoms with Gasteiger partial charge in [0, 0.05) is 17.4 Å². The van der Waals surface area contributed by atoms with Gasteiger partial charge in [0.1, 0.15) is 5.75 Å². The van der Waals surface area contributed by atoms with E-state index in [0.29, 0.717) is 5.75 Å². The van der Waals surface area contributed by atoms with E-state index in [9.17, 15) is 5.11 Å². The van der Waals surface area contributed by atoms with Crippen molar-refractivity contribution in [3.8, 4) is 5.75 Å². The summed E-state index contributed by atoms with van der Waals surface area (Å²) in [6, 6.07) is 38.5. The summed E-state index contributed by atoms with van der Waals surface area (Å²) < 4.78 is 0. The van der Waals surface area contributed by atoms with Gasteiger partial charge in [-0.3, -0.25) is 4.90 Å². The summed E-state index contributed by atoms with van der Waals surface area (Å²) >= 11 is 0. The van der Waals surface area contributed by atoms with Gasteiger partial charge in [0.05, 0.1) is 5.78 Å². The Bertz CT molecular complexity index is 1240. The molecule has 190 valence electrons. The van der Waals surface area contributed by atoms with Crippen LogP contribution in [0.15, 0.2) is 91.0 Å². The Morgan fingerprint density at radius 1 is 0.865 bits per heavy atom. The summed E-state index contributed by atoms with van der Waals surface area (Å²) in [6.07, 6.45) is 0. The summed E-state index contributed by atoms with van der Waals surface area (Å²) in [5, 5.41) is 14.2. The molecule has 0 saturated carbocycles. The molecule has 0 aliphatic carbocycles. The summed E-state index contributed by atoms with van der Waals surface area (Å²) in [6.45, 7) is 11.8. The molecular weight excluding hydrogens is 469 g/mol. The van der Waals surface area contributed by atoms with Crippen LogP contribution in [0.1, 0.15) is 68.6 Å². The minimum atomic E-state index is -0.943. The highest BCUT2D eigenvalue weighted by Gasteiger charge is 2.34. The Hall–Kier alpha value is -3.11. The first-order valence-electron chi connectivity index (χ1n) is 13.0. The number of hydrogen-bond acceptors (Lipinski definition) is 2. The zero-order valence-corrected chi connectivity index (χ0v) is 23.8. The van der Waals surface area contributed by atoms with Gasteiger partial charge in [0.2, 0.25) is 0 Å². The van der Waals surface area contributed by atoms with Crippen LogP contribution < -0.4 is 10.6 Å². The minimum absolute atomic E-state index is 0.0448. The maximum atomic E-state index is 11.8. The Kier molecular flexibility index (Phi) is 8.39. The van der Waals surface area contributed by atoms with E-state index in [2.05, 4.69) is 138 Å². The molecule has 4 rings (SSSR count). The summed E-state index contributed by atoms with van der Waals surface area (Å²) in [5.74, 6) is 0.557. The van der Waals surface area contributed by atoms with Gasteiger partial charge in [0.15, 0.2) is 0 Å². The number of benzene rings is 3. The molecular formula is C34H38NOP. The number of phenolic OH excluding ortho intramolecular Hbond substituents is 1. The number of nitrogens with zero attached hydrogens (tertiary/aromatic N) is 1. The Morgan fingerprint density at radius 3 is 2.05 bits per heavy atom. The zero-order valence-electron chi connectivity index (χ0n) is 22.9. The topological polar surface area (TPSA) is 23.5 Å². The second-order valence-corrected chi connectivity index (χ2v) is 13.3. The van der Waals surface area contributed by atoms with E-state index >= 15 is 0 Å². The van der Waals surface area contributed by atoms with Gasteiger partial charge in [-0.1, -0.05) is 120 Å². The van der Waals surface area contributed by atoms with Gasteiger partial charge < -0.3 is 5.11 Å². The first-order chi connectivity index (χ1) is 17.7. The Labute approximate surface area is 224 Å². The lowest BCUT2D eigenvalue weighted by molar-refractivity contribution is 0.299. The molecule has 0 amide bonds. The third kappa shape index (κ3) is 6.24. The van der Waals surface area contributed by atoms with Gasteiger partial charge in [-0.25, -0.2) is 0 Å². The highest BCUT2D eigenvalue weighted by Crippen LogP contribution is 2.54. The normalized spacial score (nSPS) is 12.7. The third-order valence-electron chi connectivity index (χ3n) is 6.80. The van der Waals surface area contributed by atoms with Crippen molar-refractivity contribution in [1.82, 2.24) is 4.90 Å². The van der Waals surface area contributed by atoms with Gasteiger partial charge in [-0.2, -0.15) is 0 Å². The Morgan fingerprint density at radius 2 is 1.49 bits per heavy atom. The molecule has 0 aliphatic rings. The molecule has 0 aliphatic heterocycles. The van der Waals surface area contributed by atoms with Crippen molar-refractivity contribution in [3.63, 3.8) is 0 Å².